The number of nitrogens with one attached hydrogen (secondary N) is 1. The Bertz CT molecular complexity index is 599. The van der Waals surface area contributed by atoms with Crippen LogP contribution in [0.25, 0.3) is 0 Å². The monoisotopic (exact) mass is 359 g/mol. The third-order valence-corrected chi connectivity index (χ3v) is 3.77. The van der Waals surface area contributed by atoms with Crippen LogP contribution in [0.2, 0.25) is 0 Å². The van der Waals surface area contributed by atoms with E-state index in [1.165, 1.54) is 0 Å². The summed E-state index contributed by atoms with van der Waals surface area (Å²) in [6.45, 7) is 2.39. The van der Waals surface area contributed by atoms with Gasteiger partial charge in [-0.3, -0.25) is 5.21 Å². The molecule has 5 nitrogen and oxygen atoms in total. The molecule has 1 atom stereocenters. The Morgan fingerprint density at radius 3 is 2.62 bits per heavy atom. The van der Waals surface area contributed by atoms with Crippen molar-refractivity contribution in [1.29, 1.82) is 0 Å². The molecule has 1 radical (unpaired) electrons. The Morgan fingerprint density at radius 1 is 1.43 bits per heavy atom. The number of anilines is 1. The first kappa shape index (κ1) is 18.7. The van der Waals surface area contributed by atoms with E-state index in [0.717, 1.165) is 11.3 Å². The van der Waals surface area contributed by atoms with Crippen LogP contribution in [0.5, 0.6) is 5.75 Å². The molecule has 0 aromatic heterocycles. The fraction of sp³-hybridized carbons (Fsp3) is 0.250. The molecular weight excluding hydrogens is 349 g/mol. The van der Waals surface area contributed by atoms with Gasteiger partial charge in [-0.2, -0.15) is 0 Å². The quantitative estimate of drug-likeness (QED) is 0.284. The minimum atomic E-state index is -0.604. The Labute approximate surface area is 159 Å². The van der Waals surface area contributed by atoms with Gasteiger partial charge in [-0.15, -0.1) is 0 Å². The van der Waals surface area contributed by atoms with Crippen molar-refractivity contribution in [3.05, 3.63) is 38.5 Å². The number of ether oxygens (including phenoxy) is 1. The van der Waals surface area contributed by atoms with E-state index in [-0.39, 0.29) is 49.7 Å². The van der Waals surface area contributed by atoms with Crippen molar-refractivity contribution in [2.45, 2.75) is 13.0 Å². The van der Waals surface area contributed by atoms with Crippen LogP contribution < -0.4 is 10.1 Å². The molecule has 21 heavy (non-hydrogen) atoms. The summed E-state index contributed by atoms with van der Waals surface area (Å²) < 4.78 is 5.09. The molecule has 1 heterocycles. The van der Waals surface area contributed by atoms with Crippen LogP contribution in [0.1, 0.15) is 18.5 Å². The number of rotatable bonds is 4. The first-order valence-corrected chi connectivity index (χ1v) is 6.86. The Hall–Kier alpha value is -0.300. The Morgan fingerprint density at radius 2 is 2.10 bits per heavy atom. The zero-order valence-electron chi connectivity index (χ0n) is 11.4. The van der Waals surface area contributed by atoms with Crippen LogP contribution in [0.4, 0.5) is 5.69 Å². The van der Waals surface area contributed by atoms with E-state index < -0.39 is 6.04 Å². The number of benzene rings is 1. The fourth-order valence-electron chi connectivity index (χ4n) is 1.96. The van der Waals surface area contributed by atoms with Gasteiger partial charge in [0.2, 0.25) is 0 Å². The van der Waals surface area contributed by atoms with E-state index in [9.17, 15) is 10.4 Å². The van der Waals surface area contributed by atoms with Crippen molar-refractivity contribution in [3.63, 3.8) is 0 Å². The van der Waals surface area contributed by atoms with Crippen molar-refractivity contribution in [2.75, 3.05) is 11.9 Å². The predicted octanol–water partition coefficient (Wildman–Crippen LogP) is 3.40. The molecule has 1 aromatic rings. The summed E-state index contributed by atoms with van der Waals surface area (Å²) in [5.74, 6) is 0.657. The van der Waals surface area contributed by atoms with Gasteiger partial charge in [-0.25, -0.2) is 0 Å². The average Bonchev–Trinajstić information content (AvgIpc) is 2.36. The van der Waals surface area contributed by atoms with Gasteiger partial charge in [0.15, 0.2) is 0 Å². The van der Waals surface area contributed by atoms with Gasteiger partial charge in [0.1, 0.15) is 21.3 Å². The van der Waals surface area contributed by atoms with Gasteiger partial charge in [-0.05, 0) is 25.1 Å². The molecule has 1 aliphatic rings. The topological polar surface area (TPSA) is 67.6 Å². The van der Waals surface area contributed by atoms with Crippen LogP contribution in [-0.2, 0) is 0 Å². The van der Waals surface area contributed by atoms with Crippen molar-refractivity contribution >= 4 is 75.8 Å². The molecule has 0 saturated heterocycles. The molecule has 1 aliphatic heterocycles. The maximum Gasteiger partial charge on any atom is 0.292 e. The van der Waals surface area contributed by atoms with Crippen LogP contribution in [0.15, 0.2) is 27.7 Å². The second kappa shape index (κ2) is 7.81. The zero-order chi connectivity index (χ0) is 14.9. The second-order valence-corrected chi connectivity index (χ2v) is 5.32. The molecule has 0 amide bonds. The van der Waals surface area contributed by atoms with E-state index >= 15 is 0 Å². The largest absolute Gasteiger partial charge is 0.494 e. The molecule has 2 rings (SSSR count). The van der Waals surface area contributed by atoms with E-state index in [2.05, 4.69) is 5.32 Å². The molecule has 0 bridgehead atoms. The van der Waals surface area contributed by atoms with Crippen LogP contribution in [0.3, 0.4) is 0 Å². The zero-order valence-corrected chi connectivity index (χ0v) is 15.6. The van der Waals surface area contributed by atoms with E-state index in [0.29, 0.717) is 12.4 Å². The summed E-state index contributed by atoms with van der Waals surface area (Å²) in [7, 11) is 0. The summed E-state index contributed by atoms with van der Waals surface area (Å²) in [5, 5.41) is 23.2. The molecule has 0 fully saturated rings. The predicted molar refractivity (Wildman–Crippen MR) is 84.7 cm³/mol. The molecule has 0 spiro atoms. The van der Waals surface area contributed by atoms with E-state index in [4.69, 9.17) is 39.5 Å². The molecule has 9 heteroatoms. The first-order valence-electron chi connectivity index (χ1n) is 5.73. The minimum Gasteiger partial charge on any atom is -0.494 e. The summed E-state index contributed by atoms with van der Waals surface area (Å²) in [6, 6.07) is 4.76. The van der Waals surface area contributed by atoms with Gasteiger partial charge in [-0.1, -0.05) is 34.8 Å². The third-order valence-electron chi connectivity index (χ3n) is 2.82. The smallest absolute Gasteiger partial charge is 0.292 e. The number of fused-ring (bicyclic) bond motifs is 1. The number of halogens is 3. The van der Waals surface area contributed by atoms with Gasteiger partial charge in [0, 0.05) is 45.7 Å². The van der Waals surface area contributed by atoms with Crippen molar-refractivity contribution in [2.24, 2.45) is 0 Å². The van der Waals surface area contributed by atoms with Crippen molar-refractivity contribution in [1.82, 2.24) is 0 Å². The minimum absolute atomic E-state index is 0. The number of hydrogen-bond donors (Lipinski definition) is 2. The third kappa shape index (κ3) is 3.92. The summed E-state index contributed by atoms with van der Waals surface area (Å²) >= 11 is 17.0. The standard InChI is InChI=1S/C12H11Cl3N2O3.Na/c1-2-20-6-3-4-8-7(5-6)10(16-8)11(17(18)19)9(13)12(14)15;/h3-5,10,16H,2H2,1H3,(H,18,19);. The normalized spacial score (nSPS) is 16.5. The fourth-order valence-corrected chi connectivity index (χ4v) is 2.33. The molecule has 1 aromatic carbocycles. The van der Waals surface area contributed by atoms with Gasteiger partial charge in [0.25, 0.3) is 5.71 Å². The van der Waals surface area contributed by atoms with Crippen LogP contribution >= 0.6 is 34.8 Å². The molecule has 0 saturated carbocycles. The molecule has 1 unspecified atom stereocenters. The summed E-state index contributed by atoms with van der Waals surface area (Å²) in [5.41, 5.74) is 1.40. The Kier molecular flexibility index (Phi) is 6.97. The van der Waals surface area contributed by atoms with Crippen molar-refractivity contribution in [3.8, 4) is 5.75 Å². The number of hydrogen-bond acceptors (Lipinski definition) is 4. The van der Waals surface area contributed by atoms with E-state index in [1.54, 1.807) is 18.2 Å². The molecular formula is C12H11Cl3N2NaO3. The maximum absolute atomic E-state index is 11.3. The molecule has 2 N–H and O–H groups in total. The Balaban J connectivity index is 0.00000220. The summed E-state index contributed by atoms with van der Waals surface area (Å²) in [4.78, 5) is -0.346. The van der Waals surface area contributed by atoms with Crippen LogP contribution in [-0.4, -0.2) is 52.0 Å². The van der Waals surface area contributed by atoms with Gasteiger partial charge >= 0.3 is 0 Å². The van der Waals surface area contributed by atoms with Crippen molar-refractivity contribution < 1.29 is 14.8 Å². The van der Waals surface area contributed by atoms with E-state index in [1.807, 2.05) is 6.92 Å². The molecule has 0 aliphatic carbocycles. The van der Waals surface area contributed by atoms with Gasteiger partial charge in [0.05, 0.1) is 6.61 Å². The number of nitrogens with zero attached hydrogens (tertiary/aromatic N) is 1. The maximum atomic E-state index is 11.3. The van der Waals surface area contributed by atoms with Crippen LogP contribution in [0, 0.1) is 5.21 Å². The summed E-state index contributed by atoms with van der Waals surface area (Å²) in [6.07, 6.45) is 0. The first-order chi connectivity index (χ1) is 9.45. The second-order valence-electron chi connectivity index (χ2n) is 3.99. The molecule has 109 valence electrons. The SMILES string of the molecule is CCOc1ccc2c(c1)C(/C(C(Cl)=C(Cl)Cl)=[N+](\[O-])O)N2.[Na]. The van der Waals surface area contributed by atoms with Gasteiger partial charge < -0.3 is 15.3 Å². The average molecular weight is 361 g/mol.